The van der Waals surface area contributed by atoms with Gasteiger partial charge in [0.1, 0.15) is 11.6 Å². The van der Waals surface area contributed by atoms with E-state index >= 15 is 0 Å². The van der Waals surface area contributed by atoms with Crippen LogP contribution in [0.3, 0.4) is 0 Å². The summed E-state index contributed by atoms with van der Waals surface area (Å²) in [5.74, 6) is 1.60. The van der Waals surface area contributed by atoms with E-state index in [1.54, 1.807) is 18.5 Å². The van der Waals surface area contributed by atoms with Crippen molar-refractivity contribution in [2.75, 3.05) is 13.6 Å². The number of hydrogen-bond donors (Lipinski definition) is 0. The highest BCUT2D eigenvalue weighted by Crippen LogP contribution is 2.19. The summed E-state index contributed by atoms with van der Waals surface area (Å²) < 4.78 is 7.42. The first-order valence-corrected chi connectivity index (χ1v) is 9.06. The van der Waals surface area contributed by atoms with Crippen LogP contribution >= 0.6 is 0 Å². The molecule has 140 valence electrons. The Bertz CT molecular complexity index is 931. The van der Waals surface area contributed by atoms with E-state index in [-0.39, 0.29) is 5.91 Å². The number of hydrogen-bond acceptors (Lipinski definition) is 5. The maximum absolute atomic E-state index is 12.7. The zero-order chi connectivity index (χ0) is 18.8. The Kier molecular flexibility index (Phi) is 4.77. The zero-order valence-electron chi connectivity index (χ0n) is 15.6. The van der Waals surface area contributed by atoms with E-state index in [2.05, 4.69) is 33.8 Å². The number of carbonyl (C=O) groups is 1. The number of imidazole rings is 1. The molecule has 0 unspecified atom stereocenters. The number of aromatic nitrogens is 3. The Hall–Kier alpha value is -2.93. The number of nitrogens with zero attached hydrogens (tertiary/aromatic N) is 5. The third kappa shape index (κ3) is 3.78. The molecule has 7 heteroatoms. The van der Waals surface area contributed by atoms with E-state index in [0.717, 1.165) is 31.2 Å². The molecule has 1 aliphatic rings. The van der Waals surface area contributed by atoms with Crippen LogP contribution in [0.5, 0.6) is 0 Å². The summed E-state index contributed by atoms with van der Waals surface area (Å²) in [6.45, 7) is 5.35. The van der Waals surface area contributed by atoms with Gasteiger partial charge in [0.05, 0.1) is 24.1 Å². The van der Waals surface area contributed by atoms with Crippen LogP contribution in [0, 0.1) is 6.92 Å². The largest absolute Gasteiger partial charge is 0.469 e. The fraction of sp³-hybridized carbons (Fsp3) is 0.350. The zero-order valence-corrected chi connectivity index (χ0v) is 15.6. The Labute approximate surface area is 158 Å². The number of aryl methyl sites for hydroxylation is 1. The summed E-state index contributed by atoms with van der Waals surface area (Å²) in [4.78, 5) is 25.7. The van der Waals surface area contributed by atoms with E-state index in [9.17, 15) is 4.79 Å². The van der Waals surface area contributed by atoms with E-state index in [1.807, 2.05) is 24.1 Å². The molecule has 4 rings (SSSR count). The second-order valence-corrected chi connectivity index (χ2v) is 6.99. The van der Waals surface area contributed by atoms with Crippen LogP contribution in [0.25, 0.3) is 0 Å². The van der Waals surface area contributed by atoms with Crippen LogP contribution in [0.1, 0.15) is 33.2 Å². The van der Waals surface area contributed by atoms with Gasteiger partial charge in [-0.25, -0.2) is 4.98 Å². The fourth-order valence-corrected chi connectivity index (χ4v) is 3.47. The van der Waals surface area contributed by atoms with Gasteiger partial charge in [0.25, 0.3) is 5.91 Å². The number of pyridine rings is 1. The molecular formula is C20H23N5O2. The maximum Gasteiger partial charge on any atom is 0.257 e. The van der Waals surface area contributed by atoms with Crippen LogP contribution in [0.4, 0.5) is 0 Å². The summed E-state index contributed by atoms with van der Waals surface area (Å²) in [7, 11) is 2.07. The average Bonchev–Trinajstić information content (AvgIpc) is 3.26. The van der Waals surface area contributed by atoms with Gasteiger partial charge in [-0.2, -0.15) is 0 Å². The van der Waals surface area contributed by atoms with Crippen molar-refractivity contribution in [3.8, 4) is 0 Å². The third-order valence-corrected chi connectivity index (χ3v) is 4.84. The van der Waals surface area contributed by atoms with Crippen molar-refractivity contribution in [2.24, 2.45) is 0 Å². The lowest BCUT2D eigenvalue weighted by atomic mass is 10.2. The maximum atomic E-state index is 12.7. The molecule has 3 aromatic heterocycles. The van der Waals surface area contributed by atoms with Crippen LogP contribution < -0.4 is 0 Å². The molecule has 0 saturated heterocycles. The van der Waals surface area contributed by atoms with Gasteiger partial charge in [-0.1, -0.05) is 6.07 Å². The van der Waals surface area contributed by atoms with Crippen LogP contribution in [-0.2, 0) is 26.2 Å². The van der Waals surface area contributed by atoms with Gasteiger partial charge in [0.2, 0.25) is 0 Å². The molecule has 0 fully saturated rings. The minimum Gasteiger partial charge on any atom is -0.469 e. The Morgan fingerprint density at radius 2 is 2.19 bits per heavy atom. The molecule has 0 saturated carbocycles. The van der Waals surface area contributed by atoms with Gasteiger partial charge >= 0.3 is 0 Å². The molecule has 7 nitrogen and oxygen atoms in total. The minimum absolute atomic E-state index is 0.00532. The molecule has 4 heterocycles. The number of rotatable bonds is 5. The number of amides is 1. The van der Waals surface area contributed by atoms with E-state index in [4.69, 9.17) is 9.40 Å². The van der Waals surface area contributed by atoms with Crippen LogP contribution in [0.2, 0.25) is 0 Å². The lowest BCUT2D eigenvalue weighted by Gasteiger charge is -2.27. The second-order valence-electron chi connectivity index (χ2n) is 6.99. The molecule has 0 spiro atoms. The lowest BCUT2D eigenvalue weighted by molar-refractivity contribution is 0.0705. The average molecular weight is 365 g/mol. The molecule has 0 bridgehead atoms. The monoisotopic (exact) mass is 365 g/mol. The first-order chi connectivity index (χ1) is 13.1. The van der Waals surface area contributed by atoms with Gasteiger partial charge < -0.3 is 13.9 Å². The summed E-state index contributed by atoms with van der Waals surface area (Å²) >= 11 is 0. The normalized spacial score (nSPS) is 13.8. The SMILES string of the molecule is Cc1occc1C(=O)N1CCn2cc(CN(C)Cc3cccnc3)nc2C1. The fourth-order valence-electron chi connectivity index (χ4n) is 3.47. The Morgan fingerprint density at radius 1 is 1.30 bits per heavy atom. The highest BCUT2D eigenvalue weighted by Gasteiger charge is 2.25. The summed E-state index contributed by atoms with van der Waals surface area (Å²) in [6, 6.07) is 5.76. The minimum atomic E-state index is 0.00532. The number of carbonyl (C=O) groups excluding carboxylic acids is 1. The van der Waals surface area contributed by atoms with Crippen molar-refractivity contribution >= 4 is 5.91 Å². The number of furan rings is 1. The van der Waals surface area contributed by atoms with Crippen molar-refractivity contribution < 1.29 is 9.21 Å². The highest BCUT2D eigenvalue weighted by molar-refractivity contribution is 5.95. The van der Waals surface area contributed by atoms with Crippen molar-refractivity contribution in [3.05, 3.63) is 71.5 Å². The van der Waals surface area contributed by atoms with Crippen LogP contribution in [-0.4, -0.2) is 43.8 Å². The Balaban J connectivity index is 1.41. The van der Waals surface area contributed by atoms with Gasteiger partial charge in [-0.15, -0.1) is 0 Å². The number of fused-ring (bicyclic) bond motifs is 1. The van der Waals surface area contributed by atoms with Crippen LogP contribution in [0.15, 0.2) is 47.5 Å². The topological polar surface area (TPSA) is 67.4 Å². The van der Waals surface area contributed by atoms with Crippen molar-refractivity contribution in [1.29, 1.82) is 0 Å². The van der Waals surface area contributed by atoms with Gasteiger partial charge in [-0.3, -0.25) is 14.7 Å². The summed E-state index contributed by atoms with van der Waals surface area (Å²) in [5.41, 5.74) is 2.83. The molecule has 1 amide bonds. The lowest BCUT2D eigenvalue weighted by Crippen LogP contribution is -2.38. The molecule has 0 aromatic carbocycles. The standard InChI is InChI=1S/C20H23N5O2/c1-15-18(5-9-27-15)20(26)25-8-7-24-13-17(22-19(24)14-25)12-23(2)11-16-4-3-6-21-10-16/h3-6,9-10,13H,7-8,11-12,14H2,1-2H3. The molecule has 0 radical (unpaired) electrons. The summed E-state index contributed by atoms with van der Waals surface area (Å²) in [6.07, 6.45) is 7.32. The Morgan fingerprint density at radius 3 is 2.93 bits per heavy atom. The third-order valence-electron chi connectivity index (χ3n) is 4.84. The molecule has 1 aliphatic heterocycles. The smallest absolute Gasteiger partial charge is 0.257 e. The molecule has 0 aliphatic carbocycles. The molecule has 3 aromatic rings. The second kappa shape index (κ2) is 7.36. The van der Waals surface area contributed by atoms with Crippen molar-refractivity contribution in [1.82, 2.24) is 24.3 Å². The van der Waals surface area contributed by atoms with Gasteiger partial charge in [0, 0.05) is 44.8 Å². The molecular weight excluding hydrogens is 342 g/mol. The van der Waals surface area contributed by atoms with Crippen molar-refractivity contribution in [3.63, 3.8) is 0 Å². The van der Waals surface area contributed by atoms with E-state index in [0.29, 0.717) is 24.4 Å². The first kappa shape index (κ1) is 17.5. The van der Waals surface area contributed by atoms with Crippen molar-refractivity contribution in [2.45, 2.75) is 33.1 Å². The molecule has 0 N–H and O–H groups in total. The predicted octanol–water partition coefficient (Wildman–Crippen LogP) is 2.47. The molecule has 27 heavy (non-hydrogen) atoms. The highest BCUT2D eigenvalue weighted by atomic mass is 16.3. The summed E-state index contributed by atoms with van der Waals surface area (Å²) in [5, 5.41) is 0. The quantitative estimate of drug-likeness (QED) is 0.695. The molecule has 0 atom stereocenters. The van der Waals surface area contributed by atoms with E-state index in [1.165, 1.54) is 5.56 Å². The van der Waals surface area contributed by atoms with Gasteiger partial charge in [0.15, 0.2) is 0 Å². The predicted molar refractivity (Wildman–Crippen MR) is 99.8 cm³/mol. The first-order valence-electron chi connectivity index (χ1n) is 9.06. The van der Waals surface area contributed by atoms with E-state index < -0.39 is 0 Å². The van der Waals surface area contributed by atoms with Gasteiger partial charge in [-0.05, 0) is 31.7 Å².